The summed E-state index contributed by atoms with van der Waals surface area (Å²) in [5.74, 6) is 0. The Balaban J connectivity index is 2.42. The highest BCUT2D eigenvalue weighted by Crippen LogP contribution is 2.23. The van der Waals surface area contributed by atoms with Gasteiger partial charge in [0.25, 0.3) is 0 Å². The number of hydrogen-bond acceptors (Lipinski definition) is 2. The molecule has 1 aromatic carbocycles. The first-order valence-corrected chi connectivity index (χ1v) is 6.58. The molecular formula is C13H12ClNS. The quantitative estimate of drug-likeness (QED) is 0.577. The van der Waals surface area contributed by atoms with E-state index in [1.807, 2.05) is 19.1 Å². The molecule has 1 nitrogen and oxygen atoms in total. The zero-order chi connectivity index (χ0) is 11.5. The van der Waals surface area contributed by atoms with E-state index in [1.165, 1.54) is 4.90 Å². The number of nitrogens with zero attached hydrogens (tertiary/aromatic N) is 1. The molecular weight excluding hydrogens is 238 g/mol. The molecule has 0 saturated carbocycles. The Labute approximate surface area is 105 Å². The van der Waals surface area contributed by atoms with E-state index in [0.717, 1.165) is 16.8 Å². The Morgan fingerprint density at radius 3 is 2.38 bits per heavy atom. The number of rotatable bonds is 2. The topological polar surface area (TPSA) is 12.9 Å². The number of aromatic nitrogens is 1. The first-order valence-electron chi connectivity index (χ1n) is 4.97. The molecule has 0 atom stereocenters. The van der Waals surface area contributed by atoms with Crippen molar-refractivity contribution >= 4 is 23.4 Å². The zero-order valence-corrected chi connectivity index (χ0v) is 10.8. The van der Waals surface area contributed by atoms with Crippen molar-refractivity contribution in [3.05, 3.63) is 47.1 Å². The molecule has 16 heavy (non-hydrogen) atoms. The van der Waals surface area contributed by atoms with Crippen molar-refractivity contribution in [1.29, 1.82) is 0 Å². The van der Waals surface area contributed by atoms with Crippen LogP contribution < -0.4 is 0 Å². The molecule has 0 saturated heterocycles. The minimum atomic E-state index is 0.545. The third-order valence-electron chi connectivity index (χ3n) is 2.32. The normalized spacial score (nSPS) is 10.4. The summed E-state index contributed by atoms with van der Waals surface area (Å²) in [4.78, 5) is 5.57. The largest absolute Gasteiger partial charge is 0.236 e. The molecule has 0 bridgehead atoms. The second-order valence-electron chi connectivity index (χ2n) is 3.58. The van der Waals surface area contributed by atoms with E-state index < -0.39 is 0 Å². The molecule has 2 rings (SSSR count). The van der Waals surface area contributed by atoms with Gasteiger partial charge in [0.05, 0.1) is 5.69 Å². The average molecular weight is 250 g/mol. The minimum absolute atomic E-state index is 0.545. The van der Waals surface area contributed by atoms with Gasteiger partial charge in [-0.2, -0.15) is 0 Å². The zero-order valence-electron chi connectivity index (χ0n) is 9.20. The van der Waals surface area contributed by atoms with Crippen molar-refractivity contribution in [1.82, 2.24) is 4.98 Å². The fraction of sp³-hybridized carbons (Fsp3) is 0.154. The van der Waals surface area contributed by atoms with Gasteiger partial charge >= 0.3 is 0 Å². The van der Waals surface area contributed by atoms with Crippen LogP contribution in [0.5, 0.6) is 0 Å². The van der Waals surface area contributed by atoms with Crippen molar-refractivity contribution in [3.8, 4) is 11.3 Å². The second kappa shape index (κ2) is 4.89. The van der Waals surface area contributed by atoms with Crippen molar-refractivity contribution in [2.45, 2.75) is 11.8 Å². The van der Waals surface area contributed by atoms with Gasteiger partial charge in [0.1, 0.15) is 5.15 Å². The minimum Gasteiger partial charge on any atom is -0.236 e. The lowest BCUT2D eigenvalue weighted by molar-refractivity contribution is 1.28. The van der Waals surface area contributed by atoms with Gasteiger partial charge in [-0.1, -0.05) is 23.7 Å². The summed E-state index contributed by atoms with van der Waals surface area (Å²) < 4.78 is 0. The first kappa shape index (κ1) is 11.5. The van der Waals surface area contributed by atoms with E-state index in [4.69, 9.17) is 11.6 Å². The van der Waals surface area contributed by atoms with Gasteiger partial charge in [-0.25, -0.2) is 4.98 Å². The Morgan fingerprint density at radius 2 is 1.81 bits per heavy atom. The van der Waals surface area contributed by atoms with Crippen LogP contribution in [0.2, 0.25) is 5.15 Å². The molecule has 0 fully saturated rings. The number of aryl methyl sites for hydroxylation is 1. The molecule has 0 aliphatic carbocycles. The fourth-order valence-electron chi connectivity index (χ4n) is 1.53. The van der Waals surface area contributed by atoms with E-state index in [1.54, 1.807) is 11.8 Å². The van der Waals surface area contributed by atoms with Crippen molar-refractivity contribution < 1.29 is 0 Å². The summed E-state index contributed by atoms with van der Waals surface area (Å²) in [5.41, 5.74) is 3.16. The molecule has 1 aromatic heterocycles. The van der Waals surface area contributed by atoms with Gasteiger partial charge in [-0.3, -0.25) is 0 Å². The molecule has 0 aliphatic heterocycles. The smallest absolute Gasteiger partial charge is 0.130 e. The molecule has 0 amide bonds. The monoisotopic (exact) mass is 249 g/mol. The molecule has 0 radical (unpaired) electrons. The SMILES string of the molecule is CSc1ccc(-c2cc(C)cc(Cl)n2)cc1. The van der Waals surface area contributed by atoms with Crippen LogP contribution in [0.4, 0.5) is 0 Å². The predicted molar refractivity (Wildman–Crippen MR) is 71.2 cm³/mol. The highest BCUT2D eigenvalue weighted by molar-refractivity contribution is 7.98. The maximum Gasteiger partial charge on any atom is 0.130 e. The van der Waals surface area contributed by atoms with Crippen LogP contribution in [0.15, 0.2) is 41.3 Å². The van der Waals surface area contributed by atoms with Gasteiger partial charge in [-0.05, 0) is 43.0 Å². The van der Waals surface area contributed by atoms with E-state index in [2.05, 4.69) is 35.5 Å². The highest BCUT2D eigenvalue weighted by atomic mass is 35.5. The number of pyridine rings is 1. The van der Waals surface area contributed by atoms with Gasteiger partial charge in [-0.15, -0.1) is 11.8 Å². The lowest BCUT2D eigenvalue weighted by Gasteiger charge is -2.04. The average Bonchev–Trinajstić information content (AvgIpc) is 2.28. The summed E-state index contributed by atoms with van der Waals surface area (Å²) in [6.07, 6.45) is 2.07. The third kappa shape index (κ3) is 2.57. The molecule has 2 aromatic rings. The number of halogens is 1. The second-order valence-corrected chi connectivity index (χ2v) is 4.85. The summed E-state index contributed by atoms with van der Waals surface area (Å²) in [5, 5.41) is 0.545. The van der Waals surface area contributed by atoms with Gasteiger partial charge in [0.2, 0.25) is 0 Å². The van der Waals surface area contributed by atoms with Crippen molar-refractivity contribution in [3.63, 3.8) is 0 Å². The van der Waals surface area contributed by atoms with Crippen molar-refractivity contribution in [2.75, 3.05) is 6.26 Å². The highest BCUT2D eigenvalue weighted by Gasteiger charge is 2.02. The van der Waals surface area contributed by atoms with E-state index in [9.17, 15) is 0 Å². The fourth-order valence-corrected chi connectivity index (χ4v) is 2.21. The van der Waals surface area contributed by atoms with E-state index in [0.29, 0.717) is 5.15 Å². The Morgan fingerprint density at radius 1 is 1.12 bits per heavy atom. The van der Waals surface area contributed by atoms with Crippen LogP contribution in [0.1, 0.15) is 5.56 Å². The Bertz CT molecular complexity index is 474. The lowest BCUT2D eigenvalue weighted by Crippen LogP contribution is -1.86. The molecule has 0 unspecified atom stereocenters. The molecule has 1 heterocycles. The third-order valence-corrected chi connectivity index (χ3v) is 3.26. The Hall–Kier alpha value is -0.990. The van der Waals surface area contributed by atoms with E-state index >= 15 is 0 Å². The predicted octanol–water partition coefficient (Wildman–Crippen LogP) is 4.43. The summed E-state index contributed by atoms with van der Waals surface area (Å²) >= 11 is 7.68. The summed E-state index contributed by atoms with van der Waals surface area (Å²) in [6, 6.07) is 12.2. The van der Waals surface area contributed by atoms with Gasteiger partial charge < -0.3 is 0 Å². The summed E-state index contributed by atoms with van der Waals surface area (Å²) in [7, 11) is 0. The maximum atomic E-state index is 5.94. The lowest BCUT2D eigenvalue weighted by atomic mass is 10.1. The van der Waals surface area contributed by atoms with E-state index in [-0.39, 0.29) is 0 Å². The van der Waals surface area contributed by atoms with Crippen molar-refractivity contribution in [2.24, 2.45) is 0 Å². The Kier molecular flexibility index (Phi) is 3.52. The van der Waals surface area contributed by atoms with Gasteiger partial charge in [0.15, 0.2) is 0 Å². The van der Waals surface area contributed by atoms with Crippen LogP contribution in [-0.4, -0.2) is 11.2 Å². The van der Waals surface area contributed by atoms with Crippen LogP contribution in [0.3, 0.4) is 0 Å². The first-order chi connectivity index (χ1) is 7.69. The number of benzene rings is 1. The number of hydrogen-bond donors (Lipinski definition) is 0. The molecule has 82 valence electrons. The van der Waals surface area contributed by atoms with Crippen LogP contribution in [-0.2, 0) is 0 Å². The molecule has 0 N–H and O–H groups in total. The molecule has 0 aliphatic rings. The number of thioether (sulfide) groups is 1. The van der Waals surface area contributed by atoms with Gasteiger partial charge in [0, 0.05) is 10.5 Å². The molecule has 3 heteroatoms. The standard InChI is InChI=1S/C13H12ClNS/c1-9-7-12(15-13(14)8-9)10-3-5-11(16-2)6-4-10/h3-8H,1-2H3. The summed E-state index contributed by atoms with van der Waals surface area (Å²) in [6.45, 7) is 2.02. The maximum absolute atomic E-state index is 5.94. The van der Waals surface area contributed by atoms with Crippen LogP contribution in [0.25, 0.3) is 11.3 Å². The van der Waals surface area contributed by atoms with Crippen LogP contribution in [0, 0.1) is 6.92 Å². The van der Waals surface area contributed by atoms with Crippen LogP contribution >= 0.6 is 23.4 Å². The molecule has 0 spiro atoms.